The molecule has 19 heavy (non-hydrogen) atoms. The van der Waals surface area contributed by atoms with E-state index in [1.807, 2.05) is 24.7 Å². The SMILES string of the molecule is CCc1cnccc1C(=O)NCCc1cncn1C. The number of aromatic nitrogens is 3. The van der Waals surface area contributed by atoms with Gasteiger partial charge in [0.15, 0.2) is 0 Å². The van der Waals surface area contributed by atoms with E-state index >= 15 is 0 Å². The Morgan fingerprint density at radius 3 is 2.89 bits per heavy atom. The molecule has 0 aliphatic carbocycles. The number of aryl methyl sites for hydroxylation is 2. The minimum Gasteiger partial charge on any atom is -0.352 e. The van der Waals surface area contributed by atoms with Crippen LogP contribution in [-0.4, -0.2) is 27.0 Å². The lowest BCUT2D eigenvalue weighted by molar-refractivity contribution is 0.0953. The van der Waals surface area contributed by atoms with E-state index in [4.69, 9.17) is 0 Å². The molecule has 0 aliphatic heterocycles. The molecule has 2 rings (SSSR count). The normalized spacial score (nSPS) is 10.4. The van der Waals surface area contributed by atoms with Gasteiger partial charge in [0, 0.05) is 49.9 Å². The molecule has 0 spiro atoms. The first-order chi connectivity index (χ1) is 9.22. The molecule has 0 aromatic carbocycles. The standard InChI is InChI=1S/C14H18N4O/c1-3-11-8-15-6-5-13(11)14(19)17-7-4-12-9-16-10-18(12)2/h5-6,8-10H,3-4,7H2,1-2H3,(H,17,19). The van der Waals surface area contributed by atoms with Gasteiger partial charge < -0.3 is 9.88 Å². The van der Waals surface area contributed by atoms with E-state index < -0.39 is 0 Å². The number of carbonyl (C=O) groups is 1. The fourth-order valence-corrected chi connectivity index (χ4v) is 1.96. The molecule has 0 unspecified atom stereocenters. The molecule has 2 aromatic heterocycles. The van der Waals surface area contributed by atoms with Crippen LogP contribution in [0.25, 0.3) is 0 Å². The summed E-state index contributed by atoms with van der Waals surface area (Å²) in [6.45, 7) is 2.62. The smallest absolute Gasteiger partial charge is 0.251 e. The zero-order chi connectivity index (χ0) is 13.7. The van der Waals surface area contributed by atoms with Crippen molar-refractivity contribution in [3.63, 3.8) is 0 Å². The number of hydrogen-bond acceptors (Lipinski definition) is 3. The first-order valence-electron chi connectivity index (χ1n) is 6.38. The van der Waals surface area contributed by atoms with E-state index in [-0.39, 0.29) is 5.91 Å². The highest BCUT2D eigenvalue weighted by atomic mass is 16.1. The third-order valence-electron chi connectivity index (χ3n) is 3.11. The largest absolute Gasteiger partial charge is 0.352 e. The van der Waals surface area contributed by atoms with Crippen molar-refractivity contribution in [1.82, 2.24) is 19.9 Å². The second-order valence-corrected chi connectivity index (χ2v) is 4.39. The van der Waals surface area contributed by atoms with Gasteiger partial charge in [-0.3, -0.25) is 9.78 Å². The fourth-order valence-electron chi connectivity index (χ4n) is 1.96. The van der Waals surface area contributed by atoms with Gasteiger partial charge in [-0.05, 0) is 18.1 Å². The molecule has 100 valence electrons. The summed E-state index contributed by atoms with van der Waals surface area (Å²) in [5.41, 5.74) is 2.79. The molecule has 1 amide bonds. The Balaban J connectivity index is 1.93. The van der Waals surface area contributed by atoms with E-state index in [1.165, 1.54) is 0 Å². The molecular weight excluding hydrogens is 240 g/mol. The molecule has 5 heteroatoms. The molecule has 1 N–H and O–H groups in total. The van der Waals surface area contributed by atoms with Gasteiger partial charge in [-0.25, -0.2) is 4.98 Å². The van der Waals surface area contributed by atoms with Crippen LogP contribution in [0.4, 0.5) is 0 Å². The first-order valence-corrected chi connectivity index (χ1v) is 6.38. The number of hydrogen-bond donors (Lipinski definition) is 1. The van der Waals surface area contributed by atoms with Crippen molar-refractivity contribution >= 4 is 5.91 Å². The maximum absolute atomic E-state index is 12.1. The zero-order valence-electron chi connectivity index (χ0n) is 11.3. The lowest BCUT2D eigenvalue weighted by atomic mass is 10.1. The Bertz CT molecular complexity index is 562. The van der Waals surface area contributed by atoms with Crippen LogP contribution in [0.2, 0.25) is 0 Å². The van der Waals surface area contributed by atoms with Gasteiger partial charge in [-0.2, -0.15) is 0 Å². The molecule has 0 fully saturated rings. The molecular formula is C14H18N4O. The van der Waals surface area contributed by atoms with E-state index in [2.05, 4.69) is 15.3 Å². The minimum absolute atomic E-state index is 0.0404. The molecule has 0 aliphatic rings. The number of nitrogens with one attached hydrogen (secondary N) is 1. The van der Waals surface area contributed by atoms with Crippen LogP contribution in [0.5, 0.6) is 0 Å². The Hall–Kier alpha value is -2.17. The number of amides is 1. The van der Waals surface area contributed by atoms with Crippen LogP contribution < -0.4 is 5.32 Å². The summed E-state index contributed by atoms with van der Waals surface area (Å²) >= 11 is 0. The van der Waals surface area contributed by atoms with Gasteiger partial charge in [0.1, 0.15) is 0 Å². The van der Waals surface area contributed by atoms with E-state index in [9.17, 15) is 4.79 Å². The Morgan fingerprint density at radius 2 is 2.21 bits per heavy atom. The van der Waals surface area contributed by atoms with Crippen molar-refractivity contribution in [2.75, 3.05) is 6.54 Å². The molecule has 0 atom stereocenters. The summed E-state index contributed by atoms with van der Waals surface area (Å²) in [7, 11) is 1.95. The maximum atomic E-state index is 12.1. The molecule has 2 heterocycles. The second-order valence-electron chi connectivity index (χ2n) is 4.39. The third-order valence-corrected chi connectivity index (χ3v) is 3.11. The van der Waals surface area contributed by atoms with Crippen molar-refractivity contribution in [2.45, 2.75) is 19.8 Å². The molecule has 0 saturated carbocycles. The van der Waals surface area contributed by atoms with Gasteiger partial charge in [0.2, 0.25) is 0 Å². The van der Waals surface area contributed by atoms with Crippen molar-refractivity contribution in [2.24, 2.45) is 7.05 Å². The predicted octanol–water partition coefficient (Wildman–Crippen LogP) is 1.35. The molecule has 0 saturated heterocycles. The van der Waals surface area contributed by atoms with E-state index in [1.54, 1.807) is 24.8 Å². The predicted molar refractivity (Wildman–Crippen MR) is 72.9 cm³/mol. The fraction of sp³-hybridized carbons (Fsp3) is 0.357. The summed E-state index contributed by atoms with van der Waals surface area (Å²) in [6.07, 6.45) is 8.55. The van der Waals surface area contributed by atoms with Crippen LogP contribution in [0, 0.1) is 0 Å². The van der Waals surface area contributed by atoms with Crippen LogP contribution in [-0.2, 0) is 19.9 Å². The second kappa shape index (κ2) is 6.13. The Labute approximate surface area is 112 Å². The summed E-state index contributed by atoms with van der Waals surface area (Å²) in [5, 5.41) is 2.93. The van der Waals surface area contributed by atoms with Gasteiger partial charge in [-0.15, -0.1) is 0 Å². The van der Waals surface area contributed by atoms with Crippen LogP contribution in [0.3, 0.4) is 0 Å². The highest BCUT2D eigenvalue weighted by Gasteiger charge is 2.09. The van der Waals surface area contributed by atoms with Gasteiger partial charge >= 0.3 is 0 Å². The van der Waals surface area contributed by atoms with Gasteiger partial charge in [0.25, 0.3) is 5.91 Å². The average Bonchev–Trinajstić information content (AvgIpc) is 2.84. The first kappa shape index (κ1) is 13.3. The number of carbonyl (C=O) groups excluding carboxylic acids is 1. The summed E-state index contributed by atoms with van der Waals surface area (Å²) in [5.74, 6) is -0.0404. The van der Waals surface area contributed by atoms with Crippen LogP contribution in [0.15, 0.2) is 31.0 Å². The molecule has 0 radical (unpaired) electrons. The number of imidazole rings is 1. The summed E-state index contributed by atoms with van der Waals surface area (Å²) in [6, 6.07) is 1.76. The van der Waals surface area contributed by atoms with Crippen molar-refractivity contribution in [3.05, 3.63) is 47.8 Å². The van der Waals surface area contributed by atoms with Crippen LogP contribution in [0.1, 0.15) is 28.5 Å². The maximum Gasteiger partial charge on any atom is 0.251 e. The van der Waals surface area contributed by atoms with Crippen molar-refractivity contribution in [1.29, 1.82) is 0 Å². The van der Waals surface area contributed by atoms with E-state index in [0.29, 0.717) is 12.1 Å². The minimum atomic E-state index is -0.0404. The topological polar surface area (TPSA) is 59.8 Å². The van der Waals surface area contributed by atoms with Gasteiger partial charge in [-0.1, -0.05) is 6.92 Å². The number of pyridine rings is 1. The average molecular weight is 258 g/mol. The lowest BCUT2D eigenvalue weighted by Crippen LogP contribution is -2.27. The quantitative estimate of drug-likeness (QED) is 0.880. The number of nitrogens with zero attached hydrogens (tertiary/aromatic N) is 3. The van der Waals surface area contributed by atoms with E-state index in [0.717, 1.165) is 24.1 Å². The summed E-state index contributed by atoms with van der Waals surface area (Å²) in [4.78, 5) is 20.2. The van der Waals surface area contributed by atoms with Crippen LogP contribution >= 0.6 is 0 Å². The van der Waals surface area contributed by atoms with Crippen molar-refractivity contribution < 1.29 is 4.79 Å². The third kappa shape index (κ3) is 3.19. The number of rotatable bonds is 5. The summed E-state index contributed by atoms with van der Waals surface area (Å²) < 4.78 is 1.95. The monoisotopic (exact) mass is 258 g/mol. The van der Waals surface area contributed by atoms with Gasteiger partial charge in [0.05, 0.1) is 6.33 Å². The molecule has 2 aromatic rings. The lowest BCUT2D eigenvalue weighted by Gasteiger charge is -2.08. The highest BCUT2D eigenvalue weighted by molar-refractivity contribution is 5.95. The van der Waals surface area contributed by atoms with Crippen molar-refractivity contribution in [3.8, 4) is 0 Å². The molecule has 0 bridgehead atoms. The Kier molecular flexibility index (Phi) is 4.28. The zero-order valence-corrected chi connectivity index (χ0v) is 11.3. The Morgan fingerprint density at radius 1 is 1.37 bits per heavy atom. The molecule has 5 nitrogen and oxygen atoms in total. The highest BCUT2D eigenvalue weighted by Crippen LogP contribution is 2.07.